The predicted octanol–water partition coefficient (Wildman–Crippen LogP) is 4.38. The molecule has 0 N–H and O–H groups in total. The van der Waals surface area contributed by atoms with Gasteiger partial charge in [0.1, 0.15) is 11.5 Å². The number of carbonyl (C=O) groups excluding carboxylic acids is 2. The number of hydrazine groups is 1. The fourth-order valence-corrected chi connectivity index (χ4v) is 2.50. The van der Waals surface area contributed by atoms with Crippen molar-refractivity contribution in [2.24, 2.45) is 0 Å². The maximum atomic E-state index is 12.9. The Bertz CT molecular complexity index is 616. The van der Waals surface area contributed by atoms with Crippen LogP contribution in [-0.4, -0.2) is 40.2 Å². The van der Waals surface area contributed by atoms with Crippen LogP contribution in [0.2, 0.25) is 0 Å². The smallest absolute Gasteiger partial charge is 0.425 e. The van der Waals surface area contributed by atoms with Crippen molar-refractivity contribution in [3.63, 3.8) is 0 Å². The second-order valence-corrected chi connectivity index (χ2v) is 7.18. The molecule has 5 nitrogen and oxygen atoms in total. The van der Waals surface area contributed by atoms with Gasteiger partial charge in [0.05, 0.1) is 6.04 Å². The molecule has 1 aromatic carbocycles. The summed E-state index contributed by atoms with van der Waals surface area (Å²) in [6, 6.07) is 9.70. The van der Waals surface area contributed by atoms with Gasteiger partial charge in [-0.25, -0.2) is 19.6 Å². The van der Waals surface area contributed by atoms with Gasteiger partial charge in [-0.2, -0.15) is 0 Å². The third kappa shape index (κ3) is 7.68. The van der Waals surface area contributed by atoms with Crippen molar-refractivity contribution >= 4 is 12.0 Å². The Morgan fingerprint density at radius 2 is 1.96 bits per heavy atom. The van der Waals surface area contributed by atoms with Gasteiger partial charge in [-0.1, -0.05) is 36.4 Å². The van der Waals surface area contributed by atoms with Gasteiger partial charge in [0.2, 0.25) is 0 Å². The number of amides is 1. The van der Waals surface area contributed by atoms with Crippen LogP contribution in [0.4, 0.5) is 4.79 Å². The molecule has 1 amide bonds. The van der Waals surface area contributed by atoms with Crippen LogP contribution >= 0.6 is 0 Å². The highest BCUT2D eigenvalue weighted by atomic mass is 16.6. The van der Waals surface area contributed by atoms with E-state index in [1.807, 2.05) is 69.1 Å². The molecule has 142 valence electrons. The molecule has 0 aliphatic heterocycles. The van der Waals surface area contributed by atoms with Crippen LogP contribution in [0.15, 0.2) is 49.1 Å². The van der Waals surface area contributed by atoms with Crippen LogP contribution in [0.1, 0.15) is 46.1 Å². The minimum absolute atomic E-state index is 0.236. The quantitative estimate of drug-likeness (QED) is 0.373. The SMILES string of the molecule is C=CCCN(Cc1ccccc1)N(C(=O)OC(C)(C)C)[C@@H](C)CC=C=O. The first-order valence-electron chi connectivity index (χ1n) is 8.89. The normalized spacial score (nSPS) is 12.2. The number of ether oxygens (including phenoxy) is 1. The molecule has 1 rings (SSSR count). The minimum Gasteiger partial charge on any atom is -0.443 e. The first kappa shape index (κ1) is 21.7. The van der Waals surface area contributed by atoms with Crippen molar-refractivity contribution in [3.8, 4) is 0 Å². The first-order valence-corrected chi connectivity index (χ1v) is 8.89. The average Bonchev–Trinajstić information content (AvgIpc) is 2.57. The Labute approximate surface area is 156 Å². The largest absolute Gasteiger partial charge is 0.443 e. The molecule has 0 fully saturated rings. The van der Waals surface area contributed by atoms with Crippen molar-refractivity contribution in [2.75, 3.05) is 6.54 Å². The van der Waals surface area contributed by atoms with E-state index in [1.165, 1.54) is 6.08 Å². The highest BCUT2D eigenvalue weighted by Gasteiger charge is 2.30. The van der Waals surface area contributed by atoms with Gasteiger partial charge < -0.3 is 4.74 Å². The van der Waals surface area contributed by atoms with Gasteiger partial charge >= 0.3 is 6.09 Å². The van der Waals surface area contributed by atoms with E-state index in [1.54, 1.807) is 11.0 Å². The van der Waals surface area contributed by atoms with E-state index in [4.69, 9.17) is 4.74 Å². The molecule has 0 radical (unpaired) electrons. The fourth-order valence-electron chi connectivity index (χ4n) is 2.50. The zero-order valence-corrected chi connectivity index (χ0v) is 16.3. The number of benzene rings is 1. The van der Waals surface area contributed by atoms with Crippen LogP contribution in [-0.2, 0) is 16.1 Å². The zero-order chi connectivity index (χ0) is 19.6. The van der Waals surface area contributed by atoms with Gasteiger partial charge in [-0.05, 0) is 46.1 Å². The van der Waals surface area contributed by atoms with E-state index in [-0.39, 0.29) is 6.04 Å². The molecule has 0 spiro atoms. The Hall–Kier alpha value is -2.36. The van der Waals surface area contributed by atoms with Gasteiger partial charge in [-0.3, -0.25) is 0 Å². The predicted molar refractivity (Wildman–Crippen MR) is 104 cm³/mol. The van der Waals surface area contributed by atoms with E-state index in [2.05, 4.69) is 6.58 Å². The molecule has 0 saturated heterocycles. The first-order chi connectivity index (χ1) is 12.3. The van der Waals surface area contributed by atoms with Crippen LogP contribution in [0, 0.1) is 0 Å². The van der Waals surface area contributed by atoms with Crippen molar-refractivity contribution in [3.05, 3.63) is 54.6 Å². The molecule has 1 atom stereocenters. The van der Waals surface area contributed by atoms with Crippen molar-refractivity contribution in [2.45, 2.75) is 58.7 Å². The Kier molecular flexibility index (Phi) is 8.83. The molecule has 0 aromatic heterocycles. The molecule has 0 heterocycles. The van der Waals surface area contributed by atoms with Crippen LogP contribution < -0.4 is 0 Å². The molecule has 0 unspecified atom stereocenters. The van der Waals surface area contributed by atoms with Gasteiger partial charge in [0, 0.05) is 19.2 Å². The van der Waals surface area contributed by atoms with Gasteiger partial charge in [0.15, 0.2) is 0 Å². The van der Waals surface area contributed by atoms with E-state index in [0.29, 0.717) is 19.5 Å². The number of rotatable bonds is 9. The Morgan fingerprint density at radius 3 is 2.50 bits per heavy atom. The maximum Gasteiger partial charge on any atom is 0.425 e. The summed E-state index contributed by atoms with van der Waals surface area (Å²) < 4.78 is 5.61. The standard InChI is InChI=1S/C21H30N2O3/c1-6-7-15-22(17-19-13-9-8-10-14-19)23(18(2)12-11-16-24)20(25)26-21(3,4)5/h6,8-11,13-14,18H,1,7,12,15,17H2,2-5H3/t18-/m0/s1. The topological polar surface area (TPSA) is 49.9 Å². The second-order valence-electron chi connectivity index (χ2n) is 7.18. The molecule has 26 heavy (non-hydrogen) atoms. The molecular weight excluding hydrogens is 328 g/mol. The summed E-state index contributed by atoms with van der Waals surface area (Å²) in [5.41, 5.74) is 0.482. The molecular formula is C21H30N2O3. The lowest BCUT2D eigenvalue weighted by Crippen LogP contribution is -2.52. The highest BCUT2D eigenvalue weighted by Crippen LogP contribution is 2.19. The number of carbonyl (C=O) groups is 1. The summed E-state index contributed by atoms with van der Waals surface area (Å²) in [4.78, 5) is 23.5. The molecule has 0 aliphatic carbocycles. The fraction of sp³-hybridized carbons (Fsp3) is 0.476. The summed E-state index contributed by atoms with van der Waals surface area (Å²) in [6.07, 6.45) is 3.92. The van der Waals surface area contributed by atoms with Crippen molar-refractivity contribution in [1.82, 2.24) is 10.0 Å². The van der Waals surface area contributed by atoms with Crippen LogP contribution in [0.3, 0.4) is 0 Å². The molecule has 1 aromatic rings. The molecule has 0 saturated carbocycles. The molecule has 0 aliphatic rings. The van der Waals surface area contributed by atoms with Gasteiger partial charge in [0.25, 0.3) is 0 Å². The minimum atomic E-state index is -0.605. The van der Waals surface area contributed by atoms with E-state index >= 15 is 0 Å². The lowest BCUT2D eigenvalue weighted by Gasteiger charge is -2.39. The van der Waals surface area contributed by atoms with Crippen LogP contribution in [0.25, 0.3) is 0 Å². The molecule has 0 bridgehead atoms. The van der Waals surface area contributed by atoms with E-state index < -0.39 is 11.7 Å². The average molecular weight is 358 g/mol. The van der Waals surface area contributed by atoms with Crippen molar-refractivity contribution < 1.29 is 14.3 Å². The second kappa shape index (κ2) is 10.6. The lowest BCUT2D eigenvalue weighted by atomic mass is 10.2. The number of hydrogen-bond donors (Lipinski definition) is 0. The van der Waals surface area contributed by atoms with Gasteiger partial charge in [-0.15, -0.1) is 6.58 Å². The summed E-state index contributed by atoms with van der Waals surface area (Å²) in [6.45, 7) is 12.4. The Balaban J connectivity index is 3.13. The Morgan fingerprint density at radius 1 is 1.31 bits per heavy atom. The zero-order valence-electron chi connectivity index (χ0n) is 16.3. The van der Waals surface area contributed by atoms with Crippen LogP contribution in [0.5, 0.6) is 0 Å². The number of nitrogens with zero attached hydrogens (tertiary/aromatic N) is 2. The third-order valence-corrected chi connectivity index (χ3v) is 3.64. The van der Waals surface area contributed by atoms with Crippen molar-refractivity contribution in [1.29, 1.82) is 0 Å². The maximum absolute atomic E-state index is 12.9. The molecule has 5 heteroatoms. The summed E-state index contributed by atoms with van der Waals surface area (Å²) in [7, 11) is 0. The van der Waals surface area contributed by atoms with E-state index in [9.17, 15) is 9.59 Å². The van der Waals surface area contributed by atoms with E-state index in [0.717, 1.165) is 12.0 Å². The summed E-state index contributed by atoms with van der Waals surface area (Å²) >= 11 is 0. The highest BCUT2D eigenvalue weighted by molar-refractivity contribution is 5.68. The lowest BCUT2D eigenvalue weighted by molar-refractivity contribution is -0.0731. The summed E-state index contributed by atoms with van der Waals surface area (Å²) in [5.74, 6) is 1.78. The number of hydrogen-bond acceptors (Lipinski definition) is 4. The summed E-state index contributed by atoms with van der Waals surface area (Å²) in [5, 5.41) is 3.56. The third-order valence-electron chi connectivity index (χ3n) is 3.64. The monoisotopic (exact) mass is 358 g/mol.